The number of rotatable bonds is 4. The van der Waals surface area contributed by atoms with Gasteiger partial charge in [0.15, 0.2) is 28.9 Å². The van der Waals surface area contributed by atoms with E-state index >= 15 is 0 Å². The minimum Gasteiger partial charge on any atom is -0.473 e. The average Bonchev–Trinajstić information content (AvgIpc) is 3.88. The highest BCUT2D eigenvalue weighted by molar-refractivity contribution is 6.56. The molecule has 0 unspecified atom stereocenters. The summed E-state index contributed by atoms with van der Waals surface area (Å²) in [6.45, 7) is 0. The topological polar surface area (TPSA) is 145 Å². The monoisotopic (exact) mass is 672 g/mol. The van der Waals surface area contributed by atoms with Gasteiger partial charge in [-0.2, -0.15) is 0 Å². The highest BCUT2D eigenvalue weighted by atomic mass is 35.5. The van der Waals surface area contributed by atoms with Crippen molar-refractivity contribution in [2.75, 3.05) is 0 Å². The standard InChI is InChI=1S/C16H9ClN2O2.C12H6Cl2N2O.C4H5BO3/c17-11-4-3-10-8-15(21-14(10)9-11)16-18-6-5-12(19-16)13-2-1-7-20-13;13-8-2-1-7-5-10(17-9(7)6-8)12-15-4-3-11(14)16-12;6-5(7)4-2-1-3-8-4/h1-9H;1-6H;1-3,6-7H. The van der Waals surface area contributed by atoms with E-state index in [1.807, 2.05) is 48.5 Å². The van der Waals surface area contributed by atoms with E-state index in [-0.39, 0.29) is 5.66 Å². The molecule has 0 saturated carbocycles. The molecule has 0 fully saturated rings. The van der Waals surface area contributed by atoms with Crippen molar-refractivity contribution in [3.63, 3.8) is 0 Å². The van der Waals surface area contributed by atoms with Crippen molar-refractivity contribution in [2.45, 2.75) is 0 Å². The number of fused-ring (bicyclic) bond motifs is 2. The molecule has 0 atom stereocenters. The zero-order valence-electron chi connectivity index (χ0n) is 23.4. The SMILES string of the molecule is Clc1ccc2cc(-c3nccc(-c4ccco4)n3)oc2c1.Clc1ccc2cc(-c3nccc(Cl)n3)oc2c1.OB(O)c1ccco1. The maximum atomic E-state index is 8.37. The Labute approximate surface area is 276 Å². The number of hydrogen-bond donors (Lipinski definition) is 2. The minimum absolute atomic E-state index is 0.171. The van der Waals surface area contributed by atoms with E-state index in [9.17, 15) is 0 Å². The number of benzene rings is 2. The molecular formula is C32H20BCl3N4O6. The summed E-state index contributed by atoms with van der Waals surface area (Å²) in [6.07, 6.45) is 6.26. The van der Waals surface area contributed by atoms with Gasteiger partial charge in [-0.1, -0.05) is 34.8 Å². The van der Waals surface area contributed by atoms with Crippen LogP contribution in [-0.2, 0) is 0 Å². The summed E-state index contributed by atoms with van der Waals surface area (Å²) in [5.74, 6) is 2.84. The van der Waals surface area contributed by atoms with Crippen LogP contribution in [-0.4, -0.2) is 37.1 Å². The first-order chi connectivity index (χ1) is 22.3. The number of furan rings is 4. The van der Waals surface area contributed by atoms with Crippen LogP contribution in [0, 0.1) is 0 Å². The first-order valence-electron chi connectivity index (χ1n) is 13.5. The van der Waals surface area contributed by atoms with Gasteiger partial charge in [-0.3, -0.25) is 0 Å². The zero-order valence-corrected chi connectivity index (χ0v) is 25.7. The van der Waals surface area contributed by atoms with E-state index in [1.165, 1.54) is 12.3 Å². The van der Waals surface area contributed by atoms with Gasteiger partial charge in [0.05, 0.1) is 12.5 Å². The predicted molar refractivity (Wildman–Crippen MR) is 176 cm³/mol. The molecule has 0 amide bonds. The molecule has 2 N–H and O–H groups in total. The van der Waals surface area contributed by atoms with Crippen LogP contribution in [0.5, 0.6) is 0 Å². The Morgan fingerprint density at radius 3 is 1.70 bits per heavy atom. The number of hydrogen-bond acceptors (Lipinski definition) is 10. The molecule has 0 spiro atoms. The molecule has 0 saturated heterocycles. The third-order valence-corrected chi connectivity index (χ3v) is 6.93. The molecule has 0 aliphatic rings. The molecule has 0 bridgehead atoms. The highest BCUT2D eigenvalue weighted by Crippen LogP contribution is 2.30. The molecular weight excluding hydrogens is 654 g/mol. The summed E-state index contributed by atoms with van der Waals surface area (Å²) in [5, 5.41) is 20.3. The van der Waals surface area contributed by atoms with Gasteiger partial charge in [0, 0.05) is 45.3 Å². The Morgan fingerprint density at radius 1 is 0.587 bits per heavy atom. The normalized spacial score (nSPS) is 10.7. The largest absolute Gasteiger partial charge is 0.526 e. The van der Waals surface area contributed by atoms with Crippen LogP contribution >= 0.6 is 34.8 Å². The zero-order chi connectivity index (χ0) is 32.0. The summed E-state index contributed by atoms with van der Waals surface area (Å²) in [4.78, 5) is 16.9. The fraction of sp³-hybridized carbons (Fsp3) is 0. The molecule has 8 aromatic rings. The van der Waals surface area contributed by atoms with Gasteiger partial charge < -0.3 is 27.7 Å². The molecule has 10 nitrogen and oxygen atoms in total. The predicted octanol–water partition coefficient (Wildman–Crippen LogP) is 7.96. The van der Waals surface area contributed by atoms with Crippen LogP contribution in [0.3, 0.4) is 0 Å². The fourth-order valence-corrected chi connectivity index (χ4v) is 4.62. The van der Waals surface area contributed by atoms with Gasteiger partial charge >= 0.3 is 7.12 Å². The number of halogens is 3. The van der Waals surface area contributed by atoms with E-state index in [0.717, 1.165) is 10.8 Å². The fourth-order valence-electron chi connectivity index (χ4n) is 4.16. The van der Waals surface area contributed by atoms with Crippen LogP contribution in [0.15, 0.2) is 128 Å². The van der Waals surface area contributed by atoms with Crippen molar-refractivity contribution in [3.8, 4) is 34.6 Å². The van der Waals surface area contributed by atoms with Crippen molar-refractivity contribution in [1.29, 1.82) is 0 Å². The Hall–Kier alpha value is -4.91. The molecule has 0 aliphatic carbocycles. The van der Waals surface area contributed by atoms with Gasteiger partial charge in [0.25, 0.3) is 0 Å². The van der Waals surface area contributed by atoms with E-state index < -0.39 is 7.12 Å². The second kappa shape index (κ2) is 14.0. The molecule has 6 heterocycles. The van der Waals surface area contributed by atoms with Gasteiger partial charge in [0.1, 0.15) is 27.7 Å². The molecule has 0 aliphatic heterocycles. The van der Waals surface area contributed by atoms with Crippen molar-refractivity contribution < 1.29 is 27.7 Å². The van der Waals surface area contributed by atoms with Crippen molar-refractivity contribution in [2.24, 2.45) is 0 Å². The molecule has 0 radical (unpaired) electrons. The van der Waals surface area contributed by atoms with E-state index in [1.54, 1.807) is 49.0 Å². The van der Waals surface area contributed by atoms with Crippen LogP contribution in [0.25, 0.3) is 56.6 Å². The van der Waals surface area contributed by atoms with Crippen LogP contribution in [0.4, 0.5) is 0 Å². The van der Waals surface area contributed by atoms with Gasteiger partial charge in [-0.25, -0.2) is 19.9 Å². The first-order valence-corrected chi connectivity index (χ1v) is 14.6. The Bertz CT molecular complexity index is 2200. The summed E-state index contributed by atoms with van der Waals surface area (Å²) >= 11 is 17.7. The summed E-state index contributed by atoms with van der Waals surface area (Å²) in [7, 11) is -1.48. The lowest BCUT2D eigenvalue weighted by Crippen LogP contribution is -2.27. The molecule has 8 rings (SSSR count). The molecule has 14 heteroatoms. The lowest BCUT2D eigenvalue weighted by Gasteiger charge is -1.98. The highest BCUT2D eigenvalue weighted by Gasteiger charge is 2.13. The third kappa shape index (κ3) is 7.48. The lowest BCUT2D eigenvalue weighted by atomic mass is 9.88. The van der Waals surface area contributed by atoms with E-state index in [4.69, 9.17) is 58.1 Å². The first kappa shape index (κ1) is 31.1. The quantitative estimate of drug-likeness (QED) is 0.139. The minimum atomic E-state index is -1.48. The van der Waals surface area contributed by atoms with Gasteiger partial charge in [0.2, 0.25) is 0 Å². The van der Waals surface area contributed by atoms with Crippen molar-refractivity contribution in [3.05, 3.63) is 125 Å². The van der Waals surface area contributed by atoms with Crippen LogP contribution < -0.4 is 5.66 Å². The smallest absolute Gasteiger partial charge is 0.473 e. The molecule has 2 aromatic carbocycles. The molecule has 46 heavy (non-hydrogen) atoms. The Balaban J connectivity index is 0.000000133. The van der Waals surface area contributed by atoms with E-state index in [2.05, 4.69) is 24.4 Å². The summed E-state index contributed by atoms with van der Waals surface area (Å²) < 4.78 is 21.3. The van der Waals surface area contributed by atoms with Crippen LogP contribution in [0.1, 0.15) is 0 Å². The average molecular weight is 674 g/mol. The van der Waals surface area contributed by atoms with Gasteiger partial charge in [-0.15, -0.1) is 0 Å². The Morgan fingerprint density at radius 2 is 1.17 bits per heavy atom. The lowest BCUT2D eigenvalue weighted by molar-refractivity contribution is 0.409. The van der Waals surface area contributed by atoms with E-state index in [0.29, 0.717) is 61.0 Å². The second-order valence-electron chi connectivity index (χ2n) is 9.42. The maximum Gasteiger partial charge on any atom is 0.526 e. The molecule has 228 valence electrons. The van der Waals surface area contributed by atoms with Crippen molar-refractivity contribution in [1.82, 2.24) is 19.9 Å². The summed E-state index contributed by atoms with van der Waals surface area (Å²) in [5.41, 5.74) is 2.30. The summed E-state index contributed by atoms with van der Waals surface area (Å²) in [6, 6.07) is 24.9. The number of nitrogens with zero attached hydrogens (tertiary/aromatic N) is 4. The van der Waals surface area contributed by atoms with Crippen LogP contribution in [0.2, 0.25) is 15.2 Å². The maximum absolute atomic E-state index is 8.37. The third-order valence-electron chi connectivity index (χ3n) is 6.25. The van der Waals surface area contributed by atoms with Crippen molar-refractivity contribution >= 4 is 69.5 Å². The van der Waals surface area contributed by atoms with Gasteiger partial charge in [-0.05, 0) is 72.8 Å². The molecule has 6 aromatic heterocycles. The second-order valence-corrected chi connectivity index (χ2v) is 10.7. The Kier molecular flexibility index (Phi) is 9.48. The number of aromatic nitrogens is 4.